The average Bonchev–Trinajstić information content (AvgIpc) is 4.20. The van der Waals surface area contributed by atoms with E-state index in [0.29, 0.717) is 48.5 Å². The number of nitrogens with zero attached hydrogens (tertiary/aromatic N) is 5. The molecule has 81 heavy (non-hydrogen) atoms. The number of carbonyl (C=O) groups is 7. The predicted octanol–water partition coefficient (Wildman–Crippen LogP) is 6.22. The van der Waals surface area contributed by atoms with Crippen LogP contribution < -0.4 is 36.9 Å². The molecule has 0 unspecified atom stereocenters. The third-order valence-electron chi connectivity index (χ3n) is 13.7. The van der Waals surface area contributed by atoms with Crippen molar-refractivity contribution < 1.29 is 65.5 Å². The topological polar surface area (TPSA) is 263 Å². The zero-order valence-corrected chi connectivity index (χ0v) is 48.1. The molecule has 3 aromatic carbocycles. The molecular weight excluding hydrogens is 1190 g/mol. The molecule has 0 aliphatic carbocycles. The van der Waals surface area contributed by atoms with E-state index in [9.17, 15) is 46.7 Å². The summed E-state index contributed by atoms with van der Waals surface area (Å²) in [5.74, 6) is -3.15. The monoisotopic (exact) mass is 1250 g/mol. The Morgan fingerprint density at radius 1 is 0.877 bits per heavy atom. The maximum Gasteiger partial charge on any atom is 0.416 e. The van der Waals surface area contributed by atoms with Crippen molar-refractivity contribution >= 4 is 101 Å². The number of benzene rings is 3. The molecule has 2 atom stereocenters. The number of aromatic nitrogens is 3. The molecular formula is C56H64Br2F3N10O10+. The van der Waals surface area contributed by atoms with Crippen molar-refractivity contribution in [2.24, 2.45) is 24.6 Å². The van der Waals surface area contributed by atoms with E-state index >= 15 is 0 Å². The lowest BCUT2D eigenvalue weighted by molar-refractivity contribution is -0.667. The molecule has 0 saturated carbocycles. The van der Waals surface area contributed by atoms with E-state index in [-0.39, 0.29) is 111 Å². The van der Waals surface area contributed by atoms with Crippen molar-refractivity contribution in [1.29, 1.82) is 0 Å². The highest BCUT2D eigenvalue weighted by atomic mass is 79.9. The number of anilines is 3. The second kappa shape index (κ2) is 28.1. The van der Waals surface area contributed by atoms with E-state index < -0.39 is 53.4 Å². The first-order valence-electron chi connectivity index (χ1n) is 26.2. The molecule has 7 amide bonds. The standard InChI is InChI=1S/C56H63Br2F3N10O10/c1-33(2)49(67-44(73)16-20-79-22-24-81-25-23-80-21-19-71-53(76)47(57)48(58)54(71)77)43(72)29-38(7-5-17-64-55(63)78)51(75)66-40-12-9-34(10-13-40)30-69-32-65-50(62)46-41(31-68(3)52(46)69)36-11-14-42-37(28-36)15-18-70(42)45(74)27-35-6-4-8-39(26-35)56(59,60)61/h4,6,8-14,26,28,31-33,38,49,62H,5,7,15-25,27,29-30H2,1-3H3,(H5,63,64,66,67,73,75,78)/p+1/t38-,49+/m1/s1. The highest BCUT2D eigenvalue weighted by Crippen LogP contribution is 2.38. The Hall–Kier alpha value is -7.06. The summed E-state index contributed by atoms with van der Waals surface area (Å²) in [5.41, 5.74) is 16.7. The van der Waals surface area contributed by atoms with Gasteiger partial charge in [-0.25, -0.2) is 9.36 Å². The van der Waals surface area contributed by atoms with Crippen LogP contribution in [0, 0.1) is 11.8 Å². The van der Waals surface area contributed by atoms with Crippen LogP contribution in [0.5, 0.6) is 0 Å². The predicted molar refractivity (Wildman–Crippen MR) is 302 cm³/mol. The Morgan fingerprint density at radius 2 is 1.56 bits per heavy atom. The Balaban J connectivity index is 0.904. The van der Waals surface area contributed by atoms with Gasteiger partial charge in [-0.15, -0.1) is 0 Å². The molecule has 0 saturated heterocycles. The van der Waals surface area contributed by atoms with Crippen LogP contribution in [-0.2, 0) is 75.6 Å². The van der Waals surface area contributed by atoms with Gasteiger partial charge in [0.2, 0.25) is 35.5 Å². The Kier molecular flexibility index (Phi) is 21.3. The van der Waals surface area contributed by atoms with Gasteiger partial charge in [0.05, 0.1) is 84.0 Å². The maximum absolute atomic E-state index is 13.9. The van der Waals surface area contributed by atoms with Crippen LogP contribution >= 0.6 is 31.9 Å². The van der Waals surface area contributed by atoms with Crippen molar-refractivity contribution in [1.82, 2.24) is 25.1 Å². The first kappa shape index (κ1) is 61.6. The van der Waals surface area contributed by atoms with Gasteiger partial charge < -0.3 is 46.5 Å². The van der Waals surface area contributed by atoms with E-state index in [1.807, 2.05) is 52.7 Å². The van der Waals surface area contributed by atoms with Gasteiger partial charge in [-0.3, -0.25) is 38.2 Å². The first-order valence-corrected chi connectivity index (χ1v) is 27.8. The lowest BCUT2D eigenvalue weighted by atomic mass is 9.89. The largest absolute Gasteiger partial charge is 0.416 e. The van der Waals surface area contributed by atoms with Gasteiger partial charge in [-0.1, -0.05) is 55.2 Å². The number of nitrogens with two attached hydrogens (primary N) is 2. The zero-order valence-electron chi connectivity index (χ0n) is 44.9. The van der Waals surface area contributed by atoms with Crippen molar-refractivity contribution in [3.8, 4) is 11.1 Å². The van der Waals surface area contributed by atoms with Gasteiger partial charge in [0.15, 0.2) is 5.78 Å². The van der Waals surface area contributed by atoms with Gasteiger partial charge in [0.25, 0.3) is 11.8 Å². The highest BCUT2D eigenvalue weighted by molar-refractivity contribution is 9.14. The van der Waals surface area contributed by atoms with E-state index in [4.69, 9.17) is 25.7 Å². The number of ether oxygens (including phenoxy) is 3. The molecule has 432 valence electrons. The number of aryl methyl sites for hydroxylation is 1. The van der Waals surface area contributed by atoms with Gasteiger partial charge in [-0.2, -0.15) is 13.2 Å². The number of nitrogen functional groups attached to an aromatic ring is 1. The first-order chi connectivity index (χ1) is 38.6. The minimum Gasteiger partial charge on any atom is -0.379 e. The van der Waals surface area contributed by atoms with Crippen molar-refractivity contribution in [2.45, 2.75) is 71.1 Å². The summed E-state index contributed by atoms with van der Waals surface area (Å²) in [6, 6.07) is 16.2. The van der Waals surface area contributed by atoms with E-state index in [0.717, 1.165) is 44.9 Å². The number of carbonyl (C=O) groups excluding carboxylic acids is 7. The van der Waals surface area contributed by atoms with Crippen LogP contribution in [0.2, 0.25) is 0 Å². The maximum atomic E-state index is 13.9. The highest BCUT2D eigenvalue weighted by Gasteiger charge is 2.36. The summed E-state index contributed by atoms with van der Waals surface area (Å²) >= 11 is 6.16. The number of imide groups is 1. The summed E-state index contributed by atoms with van der Waals surface area (Å²) in [7, 11) is 1.90. The van der Waals surface area contributed by atoms with E-state index in [1.54, 1.807) is 37.2 Å². The fraction of sp³-hybridized carbons (Fsp3) is 0.411. The second-order valence-corrected chi connectivity index (χ2v) is 21.5. The van der Waals surface area contributed by atoms with Crippen LogP contribution in [0.25, 0.3) is 22.2 Å². The molecule has 0 radical (unpaired) electrons. The van der Waals surface area contributed by atoms with Crippen molar-refractivity contribution in [3.05, 3.63) is 110 Å². The number of alkyl halides is 3. The summed E-state index contributed by atoms with van der Waals surface area (Å²) in [6.07, 6.45) is -0.153. The molecule has 2 aromatic heterocycles. The normalized spacial score (nSPS) is 14.2. The molecule has 2 aliphatic heterocycles. The molecule has 0 fully saturated rings. The number of primary amides is 1. The minimum atomic E-state index is -4.51. The van der Waals surface area contributed by atoms with Crippen LogP contribution in [0.1, 0.15) is 61.8 Å². The van der Waals surface area contributed by atoms with Gasteiger partial charge in [0.1, 0.15) is 14.4 Å². The lowest BCUT2D eigenvalue weighted by Crippen LogP contribution is -2.45. The zero-order chi connectivity index (χ0) is 58.5. The Labute approximate surface area is 482 Å². The van der Waals surface area contributed by atoms with E-state index in [2.05, 4.69) is 52.8 Å². The molecule has 5 aromatic rings. The number of halogens is 5. The third kappa shape index (κ3) is 16.1. The molecule has 2 aliphatic rings. The number of amides is 7. The molecule has 25 heteroatoms. The Bertz CT molecular complexity index is 3170. The second-order valence-electron chi connectivity index (χ2n) is 19.9. The number of ketones is 1. The minimum absolute atomic E-state index is 0.0276. The molecule has 0 bridgehead atoms. The number of fused-ring (bicyclic) bond motifs is 2. The average molecular weight is 1250 g/mol. The quantitative estimate of drug-likeness (QED) is 0.0212. The number of hydrogen-bond donors (Lipinski definition) is 5. The third-order valence-corrected chi connectivity index (χ3v) is 15.7. The van der Waals surface area contributed by atoms with Gasteiger partial charge in [0, 0.05) is 48.8 Å². The molecule has 7 N–H and O–H groups in total. The molecule has 20 nitrogen and oxygen atoms in total. The van der Waals surface area contributed by atoms with Gasteiger partial charge >= 0.3 is 12.2 Å². The lowest BCUT2D eigenvalue weighted by Gasteiger charge is -2.24. The SMILES string of the molecule is CC(C)[C@H](NC(=O)CCOCCOCCOCCN1C(=O)C(Br)=C(Br)C1=O)C(=O)C[C@@H](CCCNC(N)=O)C(=O)Nc1ccc(C[n+]2cnc(N)c3c(-c4ccc5c(c4)CCN5C(=O)Cc4cccc(C(F)(F)F)c4)cn(C)c32)cc1. The summed E-state index contributed by atoms with van der Waals surface area (Å²) in [6.45, 7) is 5.73. The molecule has 7 rings (SSSR count). The number of Topliss-reactive ketones (excluding diaryl/α,β-unsaturated/α-hetero) is 1. The number of hydrogen-bond acceptors (Lipinski definition) is 12. The number of urea groups is 1. The van der Waals surface area contributed by atoms with Crippen LogP contribution in [-0.4, -0.2) is 121 Å². The van der Waals surface area contributed by atoms with Gasteiger partial charge in [-0.05, 0) is 110 Å². The molecule has 0 spiro atoms. The summed E-state index contributed by atoms with van der Waals surface area (Å²) < 4.78 is 60.8. The number of nitrogens with one attached hydrogen (secondary N) is 3. The fourth-order valence-electron chi connectivity index (χ4n) is 9.59. The fourth-order valence-corrected chi connectivity index (χ4v) is 10.4. The summed E-state index contributed by atoms with van der Waals surface area (Å²) in [5, 5.41) is 8.97. The molecule has 4 heterocycles. The van der Waals surface area contributed by atoms with E-state index in [1.165, 1.54) is 12.1 Å². The van der Waals surface area contributed by atoms with Crippen LogP contribution in [0.15, 0.2) is 88.2 Å². The smallest absolute Gasteiger partial charge is 0.379 e. The van der Waals surface area contributed by atoms with Crippen LogP contribution in [0.4, 0.5) is 35.2 Å². The number of rotatable bonds is 28. The van der Waals surface area contributed by atoms with Crippen molar-refractivity contribution in [3.63, 3.8) is 0 Å². The van der Waals surface area contributed by atoms with Crippen molar-refractivity contribution in [2.75, 3.05) is 75.2 Å². The van der Waals surface area contributed by atoms with Crippen LogP contribution in [0.3, 0.4) is 0 Å². The Morgan fingerprint density at radius 3 is 2.22 bits per heavy atom. The summed E-state index contributed by atoms with van der Waals surface area (Å²) in [4.78, 5) is 97.0.